The van der Waals surface area contributed by atoms with Crippen LogP contribution < -0.4 is 58.1 Å². The normalized spacial score (nSPS) is 13.2. The summed E-state index contributed by atoms with van der Waals surface area (Å²) in [4.78, 5) is 28.4. The number of aromatic nitrogens is 5. The Hall–Kier alpha value is -10.7. The van der Waals surface area contributed by atoms with Gasteiger partial charge in [-0.1, -0.05) is 190 Å². The lowest BCUT2D eigenvalue weighted by molar-refractivity contribution is 0.221. The van der Waals surface area contributed by atoms with Crippen molar-refractivity contribution in [2.75, 3.05) is 123 Å². The van der Waals surface area contributed by atoms with Gasteiger partial charge < -0.3 is 58.1 Å². The van der Waals surface area contributed by atoms with Crippen LogP contribution in [-0.2, 0) is 6.54 Å². The second-order valence-electron chi connectivity index (χ2n) is 44.1. The Bertz CT molecular complexity index is 6550. The molecule has 2 aliphatic rings. The first kappa shape index (κ1) is 112. The number of piperidine rings is 2. The largest absolute Gasteiger partial charge is 0.384 e. The first-order chi connectivity index (χ1) is 69.8. The van der Waals surface area contributed by atoms with Crippen LogP contribution in [-0.4, -0.2) is 149 Å². The first-order valence-electron chi connectivity index (χ1n) is 52.5. The van der Waals surface area contributed by atoms with Crippen LogP contribution in [0, 0.1) is 20.8 Å². The summed E-state index contributed by atoms with van der Waals surface area (Å²) >= 11 is 31.0. The third-order valence-corrected chi connectivity index (χ3v) is 27.0. The van der Waals surface area contributed by atoms with Crippen molar-refractivity contribution in [3.63, 3.8) is 0 Å². The number of anilines is 6. The molecule has 146 heavy (non-hydrogen) atoms. The molecule has 0 bridgehead atoms. The zero-order valence-corrected chi connectivity index (χ0v) is 93.3. The minimum atomic E-state index is 0.140. The number of aryl methyl sites for hydroxylation is 3. The van der Waals surface area contributed by atoms with Crippen LogP contribution >= 0.6 is 58.0 Å². The van der Waals surface area contributed by atoms with Gasteiger partial charge in [-0.15, -0.1) is 0 Å². The van der Waals surface area contributed by atoms with Crippen molar-refractivity contribution in [3.05, 3.63) is 291 Å². The monoisotopic (exact) mass is 2060 g/mol. The predicted molar refractivity (Wildman–Crippen MR) is 635 cm³/mol. The van der Waals surface area contributed by atoms with Gasteiger partial charge in [-0.05, 0) is 371 Å². The number of fused-ring (bicyclic) bond motifs is 5. The Balaban J connectivity index is 0.000000153. The quantitative estimate of drug-likeness (QED) is 0.0175. The van der Waals surface area contributed by atoms with Gasteiger partial charge in [0.2, 0.25) is 0 Å². The molecular weight excluding hydrogens is 1900 g/mol. The van der Waals surface area contributed by atoms with Gasteiger partial charge in [0, 0.05) is 197 Å². The number of likely N-dealkylation sites (tertiary alicyclic amines) is 1. The Morgan fingerprint density at radius 2 is 0.507 bits per heavy atom. The Labute approximate surface area is 895 Å². The molecule has 0 amide bonds. The number of hydrogen-bond donors (Lipinski definition) is 10. The van der Waals surface area contributed by atoms with Crippen molar-refractivity contribution in [2.24, 2.45) is 0 Å². The van der Waals surface area contributed by atoms with Gasteiger partial charge in [0.15, 0.2) is 0 Å². The summed E-state index contributed by atoms with van der Waals surface area (Å²) in [5.41, 5.74) is 28.9. The summed E-state index contributed by atoms with van der Waals surface area (Å²) in [5.74, 6) is 0. The molecule has 0 aliphatic carbocycles. The van der Waals surface area contributed by atoms with Crippen LogP contribution in [0.4, 0.5) is 34.1 Å². The topological polar surface area (TPSA) is 191 Å². The van der Waals surface area contributed by atoms with E-state index in [2.05, 4.69) is 354 Å². The van der Waals surface area contributed by atoms with Crippen molar-refractivity contribution in [2.45, 2.75) is 229 Å². The highest BCUT2D eigenvalue weighted by Crippen LogP contribution is 2.42. The Morgan fingerprint density at radius 3 is 0.774 bits per heavy atom. The fraction of sp³-hybridized carbons (Fsp3) is 0.395. The molecule has 2 saturated heterocycles. The molecule has 0 atom stereocenters. The third-order valence-electron chi connectivity index (χ3n) is 25.8. The molecule has 0 saturated carbocycles. The van der Waals surface area contributed by atoms with Crippen LogP contribution in [0.5, 0.6) is 0 Å². The van der Waals surface area contributed by atoms with Gasteiger partial charge in [0.25, 0.3) is 0 Å². The predicted octanol–water partition coefficient (Wildman–Crippen LogP) is 31.6. The molecule has 0 spiro atoms. The van der Waals surface area contributed by atoms with E-state index in [0.29, 0.717) is 25.1 Å². The van der Waals surface area contributed by atoms with E-state index in [0.717, 1.165) is 228 Å². The number of nitrogens with one attached hydrogen (secondary N) is 10. The maximum atomic E-state index is 6.24. The van der Waals surface area contributed by atoms with Gasteiger partial charge in [0.05, 0.1) is 56.0 Å². The summed E-state index contributed by atoms with van der Waals surface area (Å²) < 4.78 is 0. The van der Waals surface area contributed by atoms with Gasteiger partial charge in [0.1, 0.15) is 0 Å². The van der Waals surface area contributed by atoms with E-state index >= 15 is 0 Å². The van der Waals surface area contributed by atoms with E-state index in [9.17, 15) is 0 Å². The Morgan fingerprint density at radius 1 is 0.253 bits per heavy atom. The van der Waals surface area contributed by atoms with Crippen LogP contribution in [0.25, 0.3) is 110 Å². The fourth-order valence-electron chi connectivity index (χ4n) is 18.2. The maximum Gasteiger partial charge on any atom is 0.0738 e. The van der Waals surface area contributed by atoms with Crippen LogP contribution in [0.2, 0.25) is 25.1 Å². The molecule has 2 aliphatic heterocycles. The van der Waals surface area contributed by atoms with E-state index in [-0.39, 0.29) is 27.7 Å². The molecule has 22 heteroatoms. The maximum absolute atomic E-state index is 6.24. The number of halogens is 5. The number of pyridine rings is 5. The van der Waals surface area contributed by atoms with Crippen molar-refractivity contribution in [1.29, 1.82) is 0 Å². The summed E-state index contributed by atoms with van der Waals surface area (Å²) in [6.45, 7) is 54.4. The zero-order chi connectivity index (χ0) is 104. The van der Waals surface area contributed by atoms with Gasteiger partial charge in [-0.3, -0.25) is 29.8 Å². The van der Waals surface area contributed by atoms with Gasteiger partial charge >= 0.3 is 0 Å². The van der Waals surface area contributed by atoms with Crippen LogP contribution in [0.3, 0.4) is 0 Å². The van der Waals surface area contributed by atoms with E-state index in [4.69, 9.17) is 68.0 Å². The summed E-state index contributed by atoms with van der Waals surface area (Å²) in [7, 11) is 0. The molecular formula is C124H156Cl5N17. The van der Waals surface area contributed by atoms with E-state index in [1.54, 1.807) is 0 Å². The SMILES string of the molecule is CC(C)(C)NCCCNc1c(-c2ccc(CN3CCCCC3)cc2)cnc2cc(Cl)ccc12.CC(C)(C)NCCCNc1c(-c2ccc(N3CCCCC3)cc2)cnc2cc(Cl)ccc12.Cc1ccc(-c2cnc3cc(Cl)ccc3c2NCCCNC(C)(C)C)cc1.Cc1ccc(-c2cnc3cc(Cl)ccc3c2NCCCNC(C)(C)C)cc1.Cc1cccc(-c2cnc3cc(Cl)ccc3c2NCCCNC(C)(C)C)c1. The number of nitrogens with zero attached hydrogens (tertiary/aromatic N) is 7. The third kappa shape index (κ3) is 34.9. The number of benzene rings is 10. The molecule has 10 N–H and O–H groups in total. The minimum absolute atomic E-state index is 0.140. The second-order valence-corrected chi connectivity index (χ2v) is 46.2. The standard InChI is InChI=1S/C28H37ClN4.C27H35ClN4.3C23H28ClN3/c1-28(2,3)32-15-7-14-30-27-24-13-12-23(29)18-26(24)31-19-25(27)22-10-8-21(9-11-22)20-33-16-5-4-6-17-33;1-27(2,3)31-15-7-14-29-26-23-13-10-21(28)18-25(23)30-19-24(26)20-8-11-22(12-9-20)32-16-5-4-6-17-32;2*1-16-6-8-17(9-7-16)20-15-26-21-14-18(24)10-11-19(21)22(20)25-12-5-13-27-23(2,3)4;1-16-7-5-8-17(13-16)20-15-26-21-14-18(24)9-10-19(21)22(20)25-11-6-12-27-23(2,3)4/h8-13,18-19,32H,4-7,14-17,20H2,1-3H3,(H,30,31);8-13,18-19,31H,4-7,14-17H2,1-3H3,(H,29,30);2*6-11,14-15,27H,5,12-13H2,1-4H3,(H,25,26);5,7-10,13-15,27H,6,11-12H2,1-4H3,(H,25,26). The number of hydrogen-bond acceptors (Lipinski definition) is 17. The highest BCUT2D eigenvalue weighted by molar-refractivity contribution is 6.33. The van der Waals surface area contributed by atoms with Gasteiger partial charge in [-0.2, -0.15) is 0 Å². The highest BCUT2D eigenvalue weighted by atomic mass is 35.5. The lowest BCUT2D eigenvalue weighted by Gasteiger charge is -2.29. The summed E-state index contributed by atoms with van der Waals surface area (Å²) in [6, 6.07) is 73.3. The molecule has 772 valence electrons. The van der Waals surface area contributed by atoms with Crippen molar-refractivity contribution < 1.29 is 0 Å². The molecule has 17 nitrogen and oxygen atoms in total. The van der Waals surface area contributed by atoms with Gasteiger partial charge in [-0.25, -0.2) is 0 Å². The van der Waals surface area contributed by atoms with E-state index < -0.39 is 0 Å². The first-order valence-corrected chi connectivity index (χ1v) is 54.4. The lowest BCUT2D eigenvalue weighted by Crippen LogP contribution is -2.36. The summed E-state index contributed by atoms with van der Waals surface area (Å²) in [5, 5.41) is 45.2. The molecule has 0 unspecified atom stereocenters. The molecule has 2 fully saturated rings. The molecule has 15 aromatic rings. The zero-order valence-electron chi connectivity index (χ0n) is 89.5. The molecule has 0 radical (unpaired) electrons. The van der Waals surface area contributed by atoms with Crippen LogP contribution in [0.1, 0.15) is 197 Å². The fourth-order valence-corrected chi connectivity index (χ4v) is 19.0. The minimum Gasteiger partial charge on any atom is -0.384 e. The highest BCUT2D eigenvalue weighted by Gasteiger charge is 2.23. The second kappa shape index (κ2) is 53.4. The average molecular weight is 2060 g/mol. The number of rotatable bonds is 33. The molecule has 10 aromatic carbocycles. The van der Waals surface area contributed by atoms with Crippen molar-refractivity contribution in [3.8, 4) is 55.6 Å². The van der Waals surface area contributed by atoms with E-state index in [1.807, 2.05) is 91.6 Å². The van der Waals surface area contributed by atoms with Crippen LogP contribution in [0.15, 0.2) is 243 Å². The lowest BCUT2D eigenvalue weighted by atomic mass is 10.0. The van der Waals surface area contributed by atoms with Crippen molar-refractivity contribution in [1.82, 2.24) is 56.4 Å². The Kier molecular flexibility index (Phi) is 41.1. The molecule has 17 rings (SSSR count). The summed E-state index contributed by atoms with van der Waals surface area (Å²) in [6.07, 6.45) is 23.0. The van der Waals surface area contributed by atoms with Crippen molar-refractivity contribution >= 4 is 147 Å². The average Bonchev–Trinajstić information content (AvgIpc) is 0.800. The molecule has 5 aromatic heterocycles. The molecule has 7 heterocycles. The van der Waals surface area contributed by atoms with E-state index in [1.165, 1.54) is 107 Å². The smallest absolute Gasteiger partial charge is 0.0738 e.